The number of nitrogens with zero attached hydrogens (tertiary/aromatic N) is 2. The van der Waals surface area contributed by atoms with Crippen LogP contribution in [-0.4, -0.2) is 15.9 Å². The second-order valence-corrected chi connectivity index (χ2v) is 6.82. The molecule has 0 fully saturated rings. The Hall–Kier alpha value is -0.840. The smallest absolute Gasteiger partial charge is 0.252 e. The lowest BCUT2D eigenvalue weighted by Crippen LogP contribution is -2.34. The van der Waals surface area contributed by atoms with Crippen molar-refractivity contribution in [1.29, 1.82) is 0 Å². The zero-order chi connectivity index (χ0) is 17.6. The van der Waals surface area contributed by atoms with Crippen LogP contribution >= 0.6 is 15.9 Å². The summed E-state index contributed by atoms with van der Waals surface area (Å²) in [6, 6.07) is 0. The van der Waals surface area contributed by atoms with E-state index in [-0.39, 0.29) is 0 Å². The standard InChI is InChI=1S/C13H17BrF2N2.C4H10/c1-8(12(3,4)13(5,15)16)6-10-9(2)18-11(14)7-17-10;1-3-4-2/h6-7H,1-5H3;3-4H2,1-2H3/b8-6+;. The van der Waals surface area contributed by atoms with Crippen LogP contribution in [0.4, 0.5) is 8.78 Å². The summed E-state index contributed by atoms with van der Waals surface area (Å²) >= 11 is 3.22. The van der Waals surface area contributed by atoms with Crippen LogP contribution in [-0.2, 0) is 0 Å². The summed E-state index contributed by atoms with van der Waals surface area (Å²) in [7, 11) is 0. The number of alkyl halides is 2. The van der Waals surface area contributed by atoms with Gasteiger partial charge in [-0.15, -0.1) is 0 Å². The molecule has 0 aliphatic heterocycles. The molecule has 126 valence electrons. The summed E-state index contributed by atoms with van der Waals surface area (Å²) < 4.78 is 27.7. The molecule has 0 atom stereocenters. The Kier molecular flexibility index (Phi) is 8.37. The third-order valence-corrected chi connectivity index (χ3v) is 4.27. The van der Waals surface area contributed by atoms with Crippen LogP contribution < -0.4 is 0 Å². The molecule has 0 unspecified atom stereocenters. The van der Waals surface area contributed by atoms with E-state index >= 15 is 0 Å². The monoisotopic (exact) mass is 376 g/mol. The average Bonchev–Trinajstić information content (AvgIpc) is 2.40. The molecule has 22 heavy (non-hydrogen) atoms. The van der Waals surface area contributed by atoms with Crippen LogP contribution in [0.15, 0.2) is 16.4 Å². The molecule has 1 rings (SSSR count). The number of rotatable bonds is 4. The summed E-state index contributed by atoms with van der Waals surface area (Å²) in [5.41, 5.74) is 0.690. The van der Waals surface area contributed by atoms with Crippen molar-refractivity contribution >= 4 is 22.0 Å². The van der Waals surface area contributed by atoms with Crippen molar-refractivity contribution in [2.24, 2.45) is 5.41 Å². The maximum absolute atomic E-state index is 13.5. The molecule has 2 nitrogen and oxygen atoms in total. The SMILES string of the molecule is C/C(=C\c1ncc(Br)nc1C)C(C)(C)C(C)(F)F.CCCC. The maximum Gasteiger partial charge on any atom is 0.254 e. The number of hydrogen-bond donors (Lipinski definition) is 0. The van der Waals surface area contributed by atoms with Gasteiger partial charge in [0.2, 0.25) is 0 Å². The summed E-state index contributed by atoms with van der Waals surface area (Å²) in [5.74, 6) is -2.79. The highest BCUT2D eigenvalue weighted by molar-refractivity contribution is 9.10. The Morgan fingerprint density at radius 1 is 1.23 bits per heavy atom. The first-order chi connectivity index (χ1) is 9.97. The third kappa shape index (κ3) is 6.11. The zero-order valence-electron chi connectivity index (χ0n) is 14.6. The van der Waals surface area contributed by atoms with Gasteiger partial charge in [-0.2, -0.15) is 0 Å². The largest absolute Gasteiger partial charge is 0.254 e. The number of unbranched alkanes of at least 4 members (excludes halogenated alkanes) is 1. The van der Waals surface area contributed by atoms with Crippen molar-refractivity contribution in [2.75, 3.05) is 0 Å². The molecule has 5 heteroatoms. The van der Waals surface area contributed by atoms with Gasteiger partial charge in [-0.1, -0.05) is 46.1 Å². The highest BCUT2D eigenvalue weighted by Crippen LogP contribution is 2.42. The first-order valence-corrected chi connectivity index (χ1v) is 8.32. The lowest BCUT2D eigenvalue weighted by atomic mass is 9.79. The number of hydrogen-bond acceptors (Lipinski definition) is 2. The average molecular weight is 377 g/mol. The minimum atomic E-state index is -2.79. The summed E-state index contributed by atoms with van der Waals surface area (Å²) in [6.45, 7) is 11.8. The minimum absolute atomic E-state index is 0.578. The van der Waals surface area contributed by atoms with Crippen LogP contribution in [0.25, 0.3) is 6.08 Å². The predicted octanol–water partition coefficient (Wildman–Crippen LogP) is 6.44. The van der Waals surface area contributed by atoms with Gasteiger partial charge in [0, 0.05) is 12.3 Å². The van der Waals surface area contributed by atoms with Crippen LogP contribution in [0.3, 0.4) is 0 Å². The summed E-state index contributed by atoms with van der Waals surface area (Å²) in [4.78, 5) is 8.38. The molecule has 0 amide bonds. The van der Waals surface area contributed by atoms with E-state index in [1.807, 2.05) is 0 Å². The minimum Gasteiger partial charge on any atom is -0.252 e. The molecule has 0 aliphatic carbocycles. The Balaban J connectivity index is 0.000000980. The molecule has 0 N–H and O–H groups in total. The lowest BCUT2D eigenvalue weighted by Gasteiger charge is -2.32. The molecule has 0 radical (unpaired) electrons. The van der Waals surface area contributed by atoms with Gasteiger partial charge in [-0.25, -0.2) is 13.8 Å². The van der Waals surface area contributed by atoms with Crippen molar-refractivity contribution in [2.45, 2.75) is 67.2 Å². The van der Waals surface area contributed by atoms with E-state index in [9.17, 15) is 8.78 Å². The second-order valence-electron chi connectivity index (χ2n) is 6.00. The molecule has 1 aromatic heterocycles. The highest BCUT2D eigenvalue weighted by atomic mass is 79.9. The van der Waals surface area contributed by atoms with E-state index in [1.54, 1.807) is 26.1 Å². The first kappa shape index (κ1) is 21.2. The molecule has 0 aliphatic rings. The molecule has 0 saturated heterocycles. The van der Waals surface area contributed by atoms with Crippen LogP contribution in [0.2, 0.25) is 0 Å². The Bertz CT molecular complexity index is 504. The molecule has 0 aromatic carbocycles. The second kappa shape index (κ2) is 8.70. The zero-order valence-corrected chi connectivity index (χ0v) is 16.2. The molecular weight excluding hydrogens is 350 g/mol. The van der Waals surface area contributed by atoms with Gasteiger partial charge < -0.3 is 0 Å². The highest BCUT2D eigenvalue weighted by Gasteiger charge is 2.43. The van der Waals surface area contributed by atoms with Gasteiger partial charge in [0.05, 0.1) is 17.6 Å². The number of allylic oxidation sites excluding steroid dienone is 1. The van der Waals surface area contributed by atoms with Crippen LogP contribution in [0.1, 0.15) is 65.8 Å². The molecular formula is C17H27BrF2N2. The number of halogens is 3. The fourth-order valence-electron chi connectivity index (χ4n) is 1.34. The quantitative estimate of drug-likeness (QED) is 0.604. The fourth-order valence-corrected chi connectivity index (χ4v) is 1.70. The van der Waals surface area contributed by atoms with Gasteiger partial charge in [-0.3, -0.25) is 4.98 Å². The number of aryl methyl sites for hydroxylation is 1. The topological polar surface area (TPSA) is 25.8 Å². The normalized spacial score (nSPS) is 12.7. The van der Waals surface area contributed by atoms with Crippen molar-refractivity contribution in [3.8, 4) is 0 Å². The van der Waals surface area contributed by atoms with E-state index in [2.05, 4.69) is 39.7 Å². The van der Waals surface area contributed by atoms with Crippen molar-refractivity contribution in [1.82, 2.24) is 9.97 Å². The van der Waals surface area contributed by atoms with Gasteiger partial charge in [0.25, 0.3) is 5.92 Å². The van der Waals surface area contributed by atoms with Crippen LogP contribution in [0.5, 0.6) is 0 Å². The molecule has 1 aromatic rings. The third-order valence-electron chi connectivity index (χ3n) is 3.89. The van der Waals surface area contributed by atoms with Gasteiger partial charge >= 0.3 is 0 Å². The lowest BCUT2D eigenvalue weighted by molar-refractivity contribution is -0.0685. The Labute approximate surface area is 141 Å². The van der Waals surface area contributed by atoms with E-state index in [0.717, 1.165) is 6.92 Å². The summed E-state index contributed by atoms with van der Waals surface area (Å²) in [5, 5.41) is 0. The number of aromatic nitrogens is 2. The summed E-state index contributed by atoms with van der Waals surface area (Å²) in [6.07, 6.45) is 5.87. The predicted molar refractivity (Wildman–Crippen MR) is 93.1 cm³/mol. The fraction of sp³-hybridized carbons (Fsp3) is 0.647. The van der Waals surface area contributed by atoms with E-state index in [4.69, 9.17) is 0 Å². The van der Waals surface area contributed by atoms with E-state index in [1.165, 1.54) is 26.7 Å². The molecule has 0 spiro atoms. The molecule has 0 bridgehead atoms. The molecule has 0 saturated carbocycles. The molecule has 1 heterocycles. The van der Waals surface area contributed by atoms with Gasteiger partial charge in [-0.05, 0) is 35.9 Å². The van der Waals surface area contributed by atoms with Crippen molar-refractivity contribution < 1.29 is 8.78 Å². The van der Waals surface area contributed by atoms with Crippen molar-refractivity contribution in [3.63, 3.8) is 0 Å². The van der Waals surface area contributed by atoms with Gasteiger partial charge in [0.15, 0.2) is 0 Å². The van der Waals surface area contributed by atoms with Gasteiger partial charge in [0.1, 0.15) is 4.60 Å². The maximum atomic E-state index is 13.5. The van der Waals surface area contributed by atoms with E-state index < -0.39 is 11.3 Å². The van der Waals surface area contributed by atoms with E-state index in [0.29, 0.717) is 21.6 Å². The Morgan fingerprint density at radius 2 is 1.73 bits per heavy atom. The first-order valence-electron chi connectivity index (χ1n) is 7.53. The Morgan fingerprint density at radius 3 is 2.09 bits per heavy atom. The van der Waals surface area contributed by atoms with Crippen molar-refractivity contribution in [3.05, 3.63) is 27.8 Å². The van der Waals surface area contributed by atoms with Crippen LogP contribution in [0, 0.1) is 12.3 Å².